The van der Waals surface area contributed by atoms with Gasteiger partial charge in [0.2, 0.25) is 17.6 Å². The third-order valence-corrected chi connectivity index (χ3v) is 5.15. The standard InChI is InChI=1S/C21H20ClN3O3/c1-27-18-7-4-14-10-11-25(13-16(14)12-18)20(26)9-8-19-23-21(24-28-19)15-2-5-17(22)6-3-15/h2-7,12H,8-11,13H2,1H3. The number of halogens is 1. The van der Waals surface area contributed by atoms with Gasteiger partial charge in [0, 0.05) is 36.5 Å². The topological polar surface area (TPSA) is 68.5 Å². The van der Waals surface area contributed by atoms with Gasteiger partial charge in [-0.15, -0.1) is 0 Å². The van der Waals surface area contributed by atoms with Crippen LogP contribution in [0.4, 0.5) is 0 Å². The molecule has 7 heteroatoms. The SMILES string of the molecule is COc1ccc2c(c1)CN(C(=O)CCc1nc(-c3ccc(Cl)cc3)no1)CC2. The number of hydrogen-bond acceptors (Lipinski definition) is 5. The molecule has 1 aliphatic heterocycles. The molecule has 3 aromatic rings. The molecule has 0 saturated heterocycles. The average Bonchev–Trinajstić information content (AvgIpc) is 3.20. The number of methoxy groups -OCH3 is 1. The fourth-order valence-electron chi connectivity index (χ4n) is 3.32. The van der Waals surface area contributed by atoms with Crippen LogP contribution < -0.4 is 4.74 Å². The van der Waals surface area contributed by atoms with Gasteiger partial charge in [0.1, 0.15) is 5.75 Å². The summed E-state index contributed by atoms with van der Waals surface area (Å²) in [5, 5.41) is 4.64. The molecule has 0 N–H and O–H groups in total. The molecule has 2 aromatic carbocycles. The van der Waals surface area contributed by atoms with Crippen LogP contribution in [0.5, 0.6) is 5.75 Å². The number of ether oxygens (including phenoxy) is 1. The van der Waals surface area contributed by atoms with Crippen LogP contribution in [0.1, 0.15) is 23.4 Å². The number of benzene rings is 2. The molecule has 0 fully saturated rings. The van der Waals surface area contributed by atoms with Gasteiger partial charge >= 0.3 is 0 Å². The normalized spacial score (nSPS) is 13.3. The fraction of sp³-hybridized carbons (Fsp3) is 0.286. The molecule has 1 aliphatic rings. The molecule has 0 unspecified atom stereocenters. The van der Waals surface area contributed by atoms with Crippen molar-refractivity contribution in [2.75, 3.05) is 13.7 Å². The van der Waals surface area contributed by atoms with E-state index in [-0.39, 0.29) is 5.91 Å². The first-order valence-corrected chi connectivity index (χ1v) is 9.52. The summed E-state index contributed by atoms with van der Waals surface area (Å²) < 4.78 is 10.6. The Hall–Kier alpha value is -2.86. The predicted octanol–water partition coefficient (Wildman–Crippen LogP) is 3.92. The molecule has 144 valence electrons. The van der Waals surface area contributed by atoms with E-state index in [9.17, 15) is 4.79 Å². The summed E-state index contributed by atoms with van der Waals surface area (Å²) in [5.41, 5.74) is 3.24. The number of hydrogen-bond donors (Lipinski definition) is 0. The van der Waals surface area contributed by atoms with Crippen molar-refractivity contribution in [1.29, 1.82) is 0 Å². The molecule has 28 heavy (non-hydrogen) atoms. The average molecular weight is 398 g/mol. The highest BCUT2D eigenvalue weighted by Crippen LogP contribution is 2.24. The molecule has 0 saturated carbocycles. The van der Waals surface area contributed by atoms with Gasteiger partial charge in [-0.3, -0.25) is 4.79 Å². The van der Waals surface area contributed by atoms with Gasteiger partial charge in [-0.1, -0.05) is 22.8 Å². The fourth-order valence-corrected chi connectivity index (χ4v) is 3.44. The summed E-state index contributed by atoms with van der Waals surface area (Å²) >= 11 is 5.90. The Kier molecular flexibility index (Phi) is 5.30. The van der Waals surface area contributed by atoms with Gasteiger partial charge in [0.25, 0.3) is 0 Å². The number of carbonyl (C=O) groups is 1. The Balaban J connectivity index is 1.36. The van der Waals surface area contributed by atoms with E-state index in [1.54, 1.807) is 19.2 Å². The Morgan fingerprint density at radius 1 is 1.21 bits per heavy atom. The summed E-state index contributed by atoms with van der Waals surface area (Å²) in [4.78, 5) is 18.9. The number of amides is 1. The van der Waals surface area contributed by atoms with Gasteiger partial charge in [-0.25, -0.2) is 0 Å². The number of nitrogens with zero attached hydrogens (tertiary/aromatic N) is 3. The molecule has 1 amide bonds. The maximum atomic E-state index is 12.6. The molecule has 0 spiro atoms. The maximum absolute atomic E-state index is 12.6. The zero-order valence-corrected chi connectivity index (χ0v) is 16.3. The molecule has 1 aromatic heterocycles. The third-order valence-electron chi connectivity index (χ3n) is 4.90. The van der Waals surface area contributed by atoms with Gasteiger partial charge in [-0.05, 0) is 53.9 Å². The number of fused-ring (bicyclic) bond motifs is 1. The van der Waals surface area contributed by atoms with Crippen molar-refractivity contribution >= 4 is 17.5 Å². The van der Waals surface area contributed by atoms with Crippen molar-refractivity contribution in [3.63, 3.8) is 0 Å². The largest absolute Gasteiger partial charge is 0.497 e. The number of aryl methyl sites for hydroxylation is 1. The molecule has 0 atom stereocenters. The Bertz CT molecular complexity index is 985. The van der Waals surface area contributed by atoms with Crippen LogP contribution in [0.25, 0.3) is 11.4 Å². The van der Waals surface area contributed by atoms with Crippen molar-refractivity contribution in [3.8, 4) is 17.1 Å². The molecule has 2 heterocycles. The first kappa shape index (κ1) is 18.5. The van der Waals surface area contributed by atoms with Crippen LogP contribution in [0.2, 0.25) is 5.02 Å². The minimum atomic E-state index is 0.0831. The summed E-state index contributed by atoms with van der Waals surface area (Å²) in [5.74, 6) is 1.85. The van der Waals surface area contributed by atoms with E-state index in [0.717, 1.165) is 29.8 Å². The van der Waals surface area contributed by atoms with Gasteiger partial charge in [0.05, 0.1) is 7.11 Å². The molecule has 4 rings (SSSR count). The van der Waals surface area contributed by atoms with Crippen molar-refractivity contribution in [2.24, 2.45) is 0 Å². The van der Waals surface area contributed by atoms with Crippen LogP contribution in [0.3, 0.4) is 0 Å². The smallest absolute Gasteiger partial charge is 0.227 e. The highest BCUT2D eigenvalue weighted by Gasteiger charge is 2.21. The lowest BCUT2D eigenvalue weighted by Gasteiger charge is -2.29. The maximum Gasteiger partial charge on any atom is 0.227 e. The summed E-state index contributed by atoms with van der Waals surface area (Å²) in [6, 6.07) is 13.3. The molecule has 0 bridgehead atoms. The lowest BCUT2D eigenvalue weighted by molar-refractivity contribution is -0.132. The second-order valence-corrected chi connectivity index (χ2v) is 7.15. The van der Waals surface area contributed by atoms with E-state index in [1.165, 1.54) is 5.56 Å². The molecular weight excluding hydrogens is 378 g/mol. The molecule has 0 radical (unpaired) electrons. The Morgan fingerprint density at radius 2 is 2.04 bits per heavy atom. The van der Waals surface area contributed by atoms with E-state index in [4.69, 9.17) is 20.9 Å². The quantitative estimate of drug-likeness (QED) is 0.652. The van der Waals surface area contributed by atoms with Crippen LogP contribution in [0, 0.1) is 0 Å². The monoisotopic (exact) mass is 397 g/mol. The van der Waals surface area contributed by atoms with Crippen LogP contribution in [0.15, 0.2) is 47.0 Å². The Labute approximate surface area is 168 Å². The van der Waals surface area contributed by atoms with E-state index < -0.39 is 0 Å². The lowest BCUT2D eigenvalue weighted by Crippen LogP contribution is -2.36. The van der Waals surface area contributed by atoms with Crippen molar-refractivity contribution in [2.45, 2.75) is 25.8 Å². The minimum Gasteiger partial charge on any atom is -0.497 e. The van der Waals surface area contributed by atoms with Crippen LogP contribution >= 0.6 is 11.6 Å². The third kappa shape index (κ3) is 4.02. The van der Waals surface area contributed by atoms with E-state index in [2.05, 4.69) is 16.2 Å². The zero-order valence-electron chi connectivity index (χ0n) is 15.5. The lowest BCUT2D eigenvalue weighted by atomic mass is 9.99. The molecule has 0 aliphatic carbocycles. The van der Waals surface area contributed by atoms with Gasteiger partial charge in [-0.2, -0.15) is 4.98 Å². The summed E-state index contributed by atoms with van der Waals surface area (Å²) in [7, 11) is 1.65. The minimum absolute atomic E-state index is 0.0831. The highest BCUT2D eigenvalue weighted by molar-refractivity contribution is 6.30. The first-order valence-electron chi connectivity index (χ1n) is 9.14. The van der Waals surface area contributed by atoms with Crippen molar-refractivity contribution in [1.82, 2.24) is 15.0 Å². The second-order valence-electron chi connectivity index (χ2n) is 6.72. The number of aromatic nitrogens is 2. The molecule has 6 nitrogen and oxygen atoms in total. The first-order chi connectivity index (χ1) is 13.6. The van der Waals surface area contributed by atoms with Gasteiger partial charge in [0.15, 0.2) is 0 Å². The predicted molar refractivity (Wildman–Crippen MR) is 105 cm³/mol. The zero-order chi connectivity index (χ0) is 19.5. The summed E-state index contributed by atoms with van der Waals surface area (Å²) in [6.07, 6.45) is 1.61. The summed E-state index contributed by atoms with van der Waals surface area (Å²) in [6.45, 7) is 1.32. The number of rotatable bonds is 5. The Morgan fingerprint density at radius 3 is 2.82 bits per heavy atom. The van der Waals surface area contributed by atoms with Crippen molar-refractivity contribution < 1.29 is 14.1 Å². The van der Waals surface area contributed by atoms with E-state index in [0.29, 0.717) is 36.1 Å². The van der Waals surface area contributed by atoms with Crippen molar-refractivity contribution in [3.05, 3.63) is 64.5 Å². The van der Waals surface area contributed by atoms with Gasteiger partial charge < -0.3 is 14.2 Å². The highest BCUT2D eigenvalue weighted by atomic mass is 35.5. The second kappa shape index (κ2) is 8.02. The van der Waals surface area contributed by atoms with Crippen LogP contribution in [-0.2, 0) is 24.2 Å². The number of carbonyl (C=O) groups excluding carboxylic acids is 1. The van der Waals surface area contributed by atoms with E-state index in [1.807, 2.05) is 29.2 Å². The van der Waals surface area contributed by atoms with E-state index >= 15 is 0 Å². The molecular formula is C21H20ClN3O3. The van der Waals surface area contributed by atoms with Crippen LogP contribution in [-0.4, -0.2) is 34.6 Å².